The van der Waals surface area contributed by atoms with Crippen molar-refractivity contribution >= 4 is 66.1 Å². The van der Waals surface area contributed by atoms with Gasteiger partial charge in [-0.05, 0) is 60.2 Å². The second-order valence-electron chi connectivity index (χ2n) is 14.6. The van der Waals surface area contributed by atoms with E-state index in [0.717, 1.165) is 45.2 Å². The third-order valence-corrected chi connectivity index (χ3v) is 12.5. The van der Waals surface area contributed by atoms with Crippen LogP contribution in [0.2, 0.25) is 0 Å². The van der Waals surface area contributed by atoms with Gasteiger partial charge in [-0.25, -0.2) is 9.97 Å². The van der Waals surface area contributed by atoms with E-state index >= 15 is 0 Å². The molecule has 0 bridgehead atoms. The Morgan fingerprint density at radius 1 is 0.446 bits per heavy atom. The van der Waals surface area contributed by atoms with Crippen LogP contribution in [0.4, 0.5) is 0 Å². The van der Waals surface area contributed by atoms with Gasteiger partial charge in [-0.3, -0.25) is 0 Å². The van der Waals surface area contributed by atoms with Crippen LogP contribution >= 0.6 is 11.8 Å². The van der Waals surface area contributed by atoms with E-state index in [1.807, 2.05) is 36.0 Å². The lowest BCUT2D eigenvalue weighted by Gasteiger charge is -2.21. The number of para-hydroxylation sites is 2. The second kappa shape index (κ2) is 12.0. The summed E-state index contributed by atoms with van der Waals surface area (Å²) in [6, 6.07) is 63.3. The van der Waals surface area contributed by atoms with Crippen molar-refractivity contribution in [3.8, 4) is 45.3 Å². The lowest BCUT2D eigenvalue weighted by Crippen LogP contribution is -2.02. The number of nitrogens with zero attached hydrogens (tertiary/aromatic N) is 4. The fraction of sp³-hybridized carbons (Fsp3) is 0.0196. The number of aromatic nitrogens is 4. The highest BCUT2D eigenvalue weighted by Gasteiger charge is 2.28. The molecule has 12 rings (SSSR count). The SMILES string of the molecule is Cc1c(-c2ccccc2)nc(-c2ccccc2)nc1-c1cccc(-n2c3ccccc3c3c4c5ccccc5n5c4c(cc32)Sc2cc3ccccc3cc2-5)c1. The summed E-state index contributed by atoms with van der Waals surface area (Å²) in [6.07, 6.45) is 0. The summed E-state index contributed by atoms with van der Waals surface area (Å²) < 4.78 is 4.97. The molecule has 0 radical (unpaired) electrons. The first-order valence-electron chi connectivity index (χ1n) is 19.0. The van der Waals surface area contributed by atoms with Crippen LogP contribution < -0.4 is 0 Å². The predicted molar refractivity (Wildman–Crippen MR) is 233 cm³/mol. The van der Waals surface area contributed by atoms with E-state index in [1.165, 1.54) is 69.9 Å². The van der Waals surface area contributed by atoms with Crippen LogP contribution in [-0.2, 0) is 0 Å². The standard InChI is InChI=1S/C51H32N4S/c1-31-48(32-15-4-2-5-16-32)52-51(33-17-6-3-7-18-33)53-49(31)36-21-14-22-37(27-36)54-40-25-12-10-23-38(40)46-43(54)30-45-50-47(46)39-24-11-13-26-41(39)55(50)42-28-34-19-8-9-20-35(34)29-44(42)56-45/h2-30H,1H3. The number of rotatable bonds is 4. The zero-order valence-corrected chi connectivity index (χ0v) is 31.3. The third-order valence-electron chi connectivity index (χ3n) is 11.4. The van der Waals surface area contributed by atoms with Crippen LogP contribution in [0.15, 0.2) is 186 Å². The van der Waals surface area contributed by atoms with E-state index in [-0.39, 0.29) is 0 Å². The average molecular weight is 733 g/mol. The van der Waals surface area contributed by atoms with Crippen molar-refractivity contribution in [3.63, 3.8) is 0 Å². The molecule has 8 aromatic carbocycles. The molecule has 0 N–H and O–H groups in total. The maximum Gasteiger partial charge on any atom is 0.160 e. The van der Waals surface area contributed by atoms with Crippen LogP contribution in [0.3, 0.4) is 0 Å². The lowest BCUT2D eigenvalue weighted by molar-refractivity contribution is 1.10. The lowest BCUT2D eigenvalue weighted by atomic mass is 10.00. The Labute approximate surface area is 327 Å². The molecule has 0 unspecified atom stereocenters. The molecule has 262 valence electrons. The Morgan fingerprint density at radius 3 is 1.79 bits per heavy atom. The summed E-state index contributed by atoms with van der Waals surface area (Å²) in [5.41, 5.74) is 13.3. The minimum absolute atomic E-state index is 0.718. The van der Waals surface area contributed by atoms with Crippen molar-refractivity contribution < 1.29 is 0 Å². The Morgan fingerprint density at radius 2 is 1.04 bits per heavy atom. The molecule has 56 heavy (non-hydrogen) atoms. The molecule has 1 aliphatic rings. The van der Waals surface area contributed by atoms with Crippen molar-refractivity contribution in [2.45, 2.75) is 16.7 Å². The zero-order chi connectivity index (χ0) is 36.9. The first-order valence-corrected chi connectivity index (χ1v) is 19.8. The highest BCUT2D eigenvalue weighted by Crippen LogP contribution is 2.52. The first kappa shape index (κ1) is 31.4. The second-order valence-corrected chi connectivity index (χ2v) is 15.7. The molecular weight excluding hydrogens is 701 g/mol. The molecule has 3 aromatic heterocycles. The van der Waals surface area contributed by atoms with Gasteiger partial charge in [0.25, 0.3) is 0 Å². The number of hydrogen-bond donors (Lipinski definition) is 0. The van der Waals surface area contributed by atoms with Crippen molar-refractivity contribution in [2.24, 2.45) is 0 Å². The predicted octanol–water partition coefficient (Wildman–Crippen LogP) is 13.6. The van der Waals surface area contributed by atoms with Gasteiger partial charge in [-0.15, -0.1) is 0 Å². The number of hydrogen-bond acceptors (Lipinski definition) is 3. The summed E-state index contributed by atoms with van der Waals surface area (Å²) in [5, 5.41) is 7.61. The van der Waals surface area contributed by atoms with Gasteiger partial charge in [0.05, 0.1) is 39.1 Å². The van der Waals surface area contributed by atoms with Crippen molar-refractivity contribution in [1.29, 1.82) is 0 Å². The molecular formula is C51H32N4S. The van der Waals surface area contributed by atoms with E-state index in [4.69, 9.17) is 9.97 Å². The summed E-state index contributed by atoms with van der Waals surface area (Å²) in [7, 11) is 0. The van der Waals surface area contributed by atoms with E-state index in [9.17, 15) is 0 Å². The quantitative estimate of drug-likeness (QED) is 0.181. The number of fused-ring (bicyclic) bond motifs is 10. The van der Waals surface area contributed by atoms with Gasteiger partial charge in [0, 0.05) is 59.3 Å². The topological polar surface area (TPSA) is 35.6 Å². The smallest absolute Gasteiger partial charge is 0.160 e. The zero-order valence-electron chi connectivity index (χ0n) is 30.4. The molecule has 5 heteroatoms. The van der Waals surface area contributed by atoms with E-state index in [0.29, 0.717) is 0 Å². The van der Waals surface area contributed by atoms with Crippen LogP contribution in [-0.4, -0.2) is 19.1 Å². The minimum Gasteiger partial charge on any atom is -0.309 e. The third kappa shape index (κ3) is 4.55. The van der Waals surface area contributed by atoms with Crippen LogP contribution in [0.1, 0.15) is 5.56 Å². The maximum absolute atomic E-state index is 5.28. The molecule has 4 nitrogen and oxygen atoms in total. The molecule has 0 spiro atoms. The van der Waals surface area contributed by atoms with Gasteiger partial charge >= 0.3 is 0 Å². The average Bonchev–Trinajstić information content (AvgIpc) is 3.77. The first-order chi connectivity index (χ1) is 27.7. The largest absolute Gasteiger partial charge is 0.309 e. The van der Waals surface area contributed by atoms with E-state index in [1.54, 1.807) is 0 Å². The highest BCUT2D eigenvalue weighted by atomic mass is 32.2. The van der Waals surface area contributed by atoms with Gasteiger partial charge in [-0.2, -0.15) is 0 Å². The fourth-order valence-electron chi connectivity index (χ4n) is 8.95. The van der Waals surface area contributed by atoms with Gasteiger partial charge in [0.1, 0.15) is 0 Å². The molecule has 0 aliphatic carbocycles. The minimum atomic E-state index is 0.718. The molecule has 1 aliphatic heterocycles. The van der Waals surface area contributed by atoms with Crippen LogP contribution in [0.25, 0.3) is 99.7 Å². The summed E-state index contributed by atoms with van der Waals surface area (Å²) in [4.78, 5) is 13.0. The Balaban J connectivity index is 1.13. The Kier molecular flexibility index (Phi) is 6.74. The fourth-order valence-corrected chi connectivity index (χ4v) is 10.1. The molecule has 0 saturated carbocycles. The summed E-state index contributed by atoms with van der Waals surface area (Å²) in [6.45, 7) is 2.15. The van der Waals surface area contributed by atoms with Gasteiger partial charge in [0.2, 0.25) is 0 Å². The van der Waals surface area contributed by atoms with E-state index in [2.05, 4.69) is 168 Å². The van der Waals surface area contributed by atoms with Gasteiger partial charge in [0.15, 0.2) is 5.82 Å². The van der Waals surface area contributed by atoms with Gasteiger partial charge < -0.3 is 9.13 Å². The van der Waals surface area contributed by atoms with Crippen molar-refractivity contribution in [2.75, 3.05) is 0 Å². The van der Waals surface area contributed by atoms with Crippen molar-refractivity contribution in [3.05, 3.63) is 181 Å². The molecule has 4 heterocycles. The Hall–Kier alpha value is -6.95. The van der Waals surface area contributed by atoms with Crippen molar-refractivity contribution in [1.82, 2.24) is 19.1 Å². The molecule has 11 aromatic rings. The summed E-state index contributed by atoms with van der Waals surface area (Å²) in [5.74, 6) is 0.718. The van der Waals surface area contributed by atoms with Crippen LogP contribution in [0, 0.1) is 6.92 Å². The Bertz CT molecular complexity index is 3400. The monoisotopic (exact) mass is 732 g/mol. The molecule has 0 atom stereocenters. The molecule has 0 fully saturated rings. The maximum atomic E-state index is 5.28. The van der Waals surface area contributed by atoms with Crippen LogP contribution in [0.5, 0.6) is 0 Å². The highest BCUT2D eigenvalue weighted by molar-refractivity contribution is 7.99. The van der Waals surface area contributed by atoms with Gasteiger partial charge in [-0.1, -0.05) is 145 Å². The number of benzene rings is 8. The molecule has 0 saturated heterocycles. The normalized spacial score (nSPS) is 12.3. The summed E-state index contributed by atoms with van der Waals surface area (Å²) >= 11 is 1.88. The van der Waals surface area contributed by atoms with E-state index < -0.39 is 0 Å². The molecule has 0 amide bonds.